The van der Waals surface area contributed by atoms with Gasteiger partial charge in [-0.2, -0.15) is 5.26 Å². The Labute approximate surface area is 180 Å². The summed E-state index contributed by atoms with van der Waals surface area (Å²) >= 11 is 12.4. The predicted octanol–water partition coefficient (Wildman–Crippen LogP) is 6.08. The summed E-state index contributed by atoms with van der Waals surface area (Å²) in [6, 6.07) is 15.0. The van der Waals surface area contributed by atoms with Crippen molar-refractivity contribution in [2.24, 2.45) is 17.3 Å². The van der Waals surface area contributed by atoms with Gasteiger partial charge < -0.3 is 4.74 Å². The van der Waals surface area contributed by atoms with E-state index in [-0.39, 0.29) is 17.1 Å². The quantitative estimate of drug-likeness (QED) is 0.595. The monoisotopic (exact) mass is 425 g/mol. The van der Waals surface area contributed by atoms with Crippen molar-refractivity contribution in [2.75, 3.05) is 7.11 Å². The maximum atomic E-state index is 13.6. The molecule has 3 nitrogen and oxygen atoms in total. The lowest BCUT2D eigenvalue weighted by molar-refractivity contribution is -0.118. The molecule has 0 bridgehead atoms. The highest BCUT2D eigenvalue weighted by Crippen LogP contribution is 2.60. The number of methoxy groups -OCH3 is 1. The largest absolute Gasteiger partial charge is 0.500 e. The second-order valence-corrected chi connectivity index (χ2v) is 9.04. The number of nitrogens with zero attached hydrogens (tertiary/aromatic N) is 1. The van der Waals surface area contributed by atoms with Crippen LogP contribution in [0.15, 0.2) is 48.2 Å². The molecule has 0 radical (unpaired) electrons. The van der Waals surface area contributed by atoms with Crippen molar-refractivity contribution >= 4 is 34.6 Å². The second-order valence-electron chi connectivity index (χ2n) is 8.17. The van der Waals surface area contributed by atoms with Crippen molar-refractivity contribution in [1.82, 2.24) is 0 Å². The topological polar surface area (TPSA) is 50.1 Å². The average molecular weight is 426 g/mol. The van der Waals surface area contributed by atoms with Crippen molar-refractivity contribution in [1.29, 1.82) is 5.26 Å². The molecule has 1 fully saturated rings. The number of ketones is 1. The van der Waals surface area contributed by atoms with Gasteiger partial charge in [0.1, 0.15) is 5.76 Å². The minimum atomic E-state index is -0.385. The zero-order valence-electron chi connectivity index (χ0n) is 16.3. The van der Waals surface area contributed by atoms with E-state index in [1.54, 1.807) is 25.3 Å². The molecule has 2 aliphatic rings. The Hall–Kier alpha value is -2.28. The number of benzene rings is 2. The van der Waals surface area contributed by atoms with Crippen molar-refractivity contribution in [2.45, 2.75) is 26.2 Å². The van der Waals surface area contributed by atoms with E-state index in [9.17, 15) is 4.79 Å². The molecule has 0 saturated heterocycles. The van der Waals surface area contributed by atoms with Crippen molar-refractivity contribution in [3.05, 3.63) is 75.0 Å². The van der Waals surface area contributed by atoms with Gasteiger partial charge in [-0.15, -0.1) is 0 Å². The molecule has 0 N–H and O–H groups in total. The van der Waals surface area contributed by atoms with Crippen LogP contribution < -0.4 is 0 Å². The molecule has 148 valence electrons. The lowest BCUT2D eigenvalue weighted by Crippen LogP contribution is -2.30. The summed E-state index contributed by atoms with van der Waals surface area (Å²) in [5.74, 6) is 1.14. The van der Waals surface area contributed by atoms with Crippen LogP contribution in [0, 0.1) is 28.6 Å². The molecule has 0 amide bonds. The number of carbonyl (C=O) groups excluding carboxylic acids is 1. The molecule has 2 aromatic carbocycles. The van der Waals surface area contributed by atoms with Crippen molar-refractivity contribution in [3.63, 3.8) is 0 Å². The number of carbonyl (C=O) groups is 1. The van der Waals surface area contributed by atoms with Crippen LogP contribution >= 0.6 is 23.2 Å². The summed E-state index contributed by atoms with van der Waals surface area (Å²) in [6.45, 7) is 2.19. The SMILES string of the molecule is COC1=C(c2cc(Cl)cc(Cl)c2)C(=O)C2CC(C)CC12Cc1ccc(C#N)cc1. The first-order chi connectivity index (χ1) is 13.9. The van der Waals surface area contributed by atoms with Gasteiger partial charge in [0.25, 0.3) is 0 Å². The van der Waals surface area contributed by atoms with Gasteiger partial charge in [-0.25, -0.2) is 0 Å². The van der Waals surface area contributed by atoms with Crippen LogP contribution in [0.4, 0.5) is 0 Å². The molecule has 0 aliphatic heterocycles. The lowest BCUT2D eigenvalue weighted by Gasteiger charge is -2.31. The standard InChI is InChI=1S/C24H21Cl2NO2/c1-14-7-20-22(28)21(17-8-18(25)10-19(26)9-17)23(29-2)24(20,11-14)12-15-3-5-16(13-27)6-4-15/h3-6,8-10,14,20H,7,11-12H2,1-2H3. The van der Waals surface area contributed by atoms with E-state index < -0.39 is 0 Å². The lowest BCUT2D eigenvalue weighted by atomic mass is 9.74. The van der Waals surface area contributed by atoms with Crippen molar-refractivity contribution in [3.8, 4) is 6.07 Å². The van der Waals surface area contributed by atoms with Crippen LogP contribution in [-0.2, 0) is 16.0 Å². The Bertz CT molecular complexity index is 1030. The summed E-state index contributed by atoms with van der Waals surface area (Å²) < 4.78 is 5.93. The Kier molecular flexibility index (Phi) is 5.19. The van der Waals surface area contributed by atoms with Gasteiger partial charge in [-0.1, -0.05) is 42.3 Å². The van der Waals surface area contributed by atoms with E-state index in [0.717, 1.165) is 24.2 Å². The van der Waals surface area contributed by atoms with Crippen LogP contribution in [0.3, 0.4) is 0 Å². The molecule has 2 aliphatic carbocycles. The van der Waals surface area contributed by atoms with E-state index in [1.807, 2.05) is 24.3 Å². The Morgan fingerprint density at radius 2 is 1.83 bits per heavy atom. The molecular formula is C24H21Cl2NO2. The smallest absolute Gasteiger partial charge is 0.170 e. The molecule has 5 heteroatoms. The third kappa shape index (κ3) is 3.35. The molecular weight excluding hydrogens is 405 g/mol. The van der Waals surface area contributed by atoms with Gasteiger partial charge in [0.2, 0.25) is 0 Å². The first-order valence-corrected chi connectivity index (χ1v) is 10.4. The minimum absolute atomic E-state index is 0.109. The predicted molar refractivity (Wildman–Crippen MR) is 115 cm³/mol. The summed E-state index contributed by atoms with van der Waals surface area (Å²) in [5, 5.41) is 10.1. The highest BCUT2D eigenvalue weighted by atomic mass is 35.5. The first-order valence-electron chi connectivity index (χ1n) is 9.66. The Morgan fingerprint density at radius 1 is 1.17 bits per heavy atom. The fourth-order valence-electron chi connectivity index (χ4n) is 5.23. The Morgan fingerprint density at radius 3 is 2.41 bits per heavy atom. The zero-order valence-corrected chi connectivity index (χ0v) is 17.8. The van der Waals surface area contributed by atoms with Crippen LogP contribution in [-0.4, -0.2) is 12.9 Å². The van der Waals surface area contributed by atoms with Gasteiger partial charge >= 0.3 is 0 Å². The molecule has 1 saturated carbocycles. The number of Topliss-reactive ketones (excluding diaryl/α,β-unsaturated/α-hetero) is 1. The number of rotatable bonds is 4. The van der Waals surface area contributed by atoms with Gasteiger partial charge in [-0.3, -0.25) is 4.79 Å². The fourth-order valence-corrected chi connectivity index (χ4v) is 5.76. The third-order valence-corrected chi connectivity index (χ3v) is 6.65. The summed E-state index contributed by atoms with van der Waals surface area (Å²) in [6.07, 6.45) is 2.41. The van der Waals surface area contributed by atoms with Gasteiger partial charge in [-0.05, 0) is 66.6 Å². The number of ether oxygens (including phenoxy) is 1. The summed E-state index contributed by atoms with van der Waals surface area (Å²) in [4.78, 5) is 13.6. The number of halogens is 2. The number of hydrogen-bond donors (Lipinski definition) is 0. The van der Waals surface area contributed by atoms with Crippen LogP contribution in [0.5, 0.6) is 0 Å². The zero-order chi connectivity index (χ0) is 20.8. The average Bonchev–Trinajstić information content (AvgIpc) is 3.11. The highest BCUT2D eigenvalue weighted by Gasteiger charge is 2.59. The van der Waals surface area contributed by atoms with E-state index >= 15 is 0 Å². The fraction of sp³-hybridized carbons (Fsp3) is 0.333. The first kappa shape index (κ1) is 20.0. The third-order valence-electron chi connectivity index (χ3n) is 6.22. The number of allylic oxidation sites excluding steroid dienone is 2. The number of fused-ring (bicyclic) bond motifs is 1. The number of hydrogen-bond acceptors (Lipinski definition) is 3. The van der Waals surface area contributed by atoms with E-state index in [0.29, 0.717) is 39.1 Å². The van der Waals surface area contributed by atoms with E-state index in [4.69, 9.17) is 33.2 Å². The van der Waals surface area contributed by atoms with Crippen LogP contribution in [0.2, 0.25) is 10.0 Å². The Balaban J connectivity index is 1.85. The molecule has 0 spiro atoms. The summed E-state index contributed by atoms with van der Waals surface area (Å²) in [7, 11) is 1.64. The second kappa shape index (κ2) is 7.52. The van der Waals surface area contributed by atoms with Gasteiger partial charge in [0, 0.05) is 21.4 Å². The molecule has 0 heterocycles. The molecule has 3 unspecified atom stereocenters. The molecule has 3 atom stereocenters. The van der Waals surface area contributed by atoms with Crippen LogP contribution in [0.1, 0.15) is 36.5 Å². The van der Waals surface area contributed by atoms with E-state index in [1.165, 1.54) is 0 Å². The van der Waals surface area contributed by atoms with Gasteiger partial charge in [0.05, 0.1) is 24.3 Å². The summed E-state index contributed by atoms with van der Waals surface area (Å²) in [5.41, 5.74) is 2.65. The van der Waals surface area contributed by atoms with Crippen molar-refractivity contribution < 1.29 is 9.53 Å². The van der Waals surface area contributed by atoms with Crippen LogP contribution in [0.25, 0.3) is 5.57 Å². The molecule has 0 aromatic heterocycles. The molecule has 2 aromatic rings. The van der Waals surface area contributed by atoms with E-state index in [2.05, 4.69) is 13.0 Å². The molecule has 29 heavy (non-hydrogen) atoms. The maximum Gasteiger partial charge on any atom is 0.170 e. The minimum Gasteiger partial charge on any atom is -0.500 e. The maximum absolute atomic E-state index is 13.6. The van der Waals surface area contributed by atoms with Gasteiger partial charge in [0.15, 0.2) is 5.78 Å². The number of nitriles is 1. The normalized spacial score (nSPS) is 25.8. The highest BCUT2D eigenvalue weighted by molar-refractivity contribution is 6.35. The molecule has 4 rings (SSSR count).